The molecule has 0 rings (SSSR count). The molecular formula is C7H14ClNO4S. The highest BCUT2D eigenvalue weighted by Gasteiger charge is 2.15. The summed E-state index contributed by atoms with van der Waals surface area (Å²) in [6.07, 6.45) is 0.637. The lowest BCUT2D eigenvalue weighted by atomic mass is 10.3. The molecule has 0 saturated heterocycles. The second kappa shape index (κ2) is 6.21. The molecule has 0 aliphatic heterocycles. The number of methoxy groups -OCH3 is 1. The highest BCUT2D eigenvalue weighted by atomic mass is 35.5. The maximum atomic E-state index is 11.1. The first-order chi connectivity index (χ1) is 6.44. The Hall–Kier alpha value is -0.330. The standard InChI is InChI=1S/C7H14ClNO4S/c1-9(14(11,12)6-8)5-3-4-7(10)13-2/h3-6H2,1-2H3. The largest absolute Gasteiger partial charge is 0.469 e. The summed E-state index contributed by atoms with van der Waals surface area (Å²) in [5.41, 5.74) is 0. The number of carbonyl (C=O) groups excluding carboxylic acids is 1. The van der Waals surface area contributed by atoms with Crippen LogP contribution in [0.15, 0.2) is 0 Å². The minimum absolute atomic E-state index is 0.207. The summed E-state index contributed by atoms with van der Waals surface area (Å²) in [5.74, 6) is -0.346. The number of nitrogens with zero attached hydrogens (tertiary/aromatic N) is 1. The van der Waals surface area contributed by atoms with Gasteiger partial charge in [0.2, 0.25) is 10.0 Å². The van der Waals surface area contributed by atoms with Crippen LogP contribution in [0, 0.1) is 0 Å². The van der Waals surface area contributed by atoms with Gasteiger partial charge in [-0.15, -0.1) is 11.6 Å². The summed E-state index contributed by atoms with van der Waals surface area (Å²) in [7, 11) is -0.637. The van der Waals surface area contributed by atoms with Crippen molar-refractivity contribution in [3.63, 3.8) is 0 Å². The van der Waals surface area contributed by atoms with E-state index in [1.54, 1.807) is 0 Å². The first-order valence-electron chi connectivity index (χ1n) is 4.01. The molecule has 0 heterocycles. The summed E-state index contributed by atoms with van der Waals surface area (Å²) in [6.45, 7) is 0.268. The van der Waals surface area contributed by atoms with E-state index in [-0.39, 0.29) is 18.9 Å². The third kappa shape index (κ3) is 4.78. The SMILES string of the molecule is COC(=O)CCCN(C)S(=O)(=O)CCl. The molecule has 0 bridgehead atoms. The van der Waals surface area contributed by atoms with E-state index in [1.807, 2.05) is 0 Å². The van der Waals surface area contributed by atoms with Gasteiger partial charge < -0.3 is 4.74 Å². The quantitative estimate of drug-likeness (QED) is 0.500. The van der Waals surface area contributed by atoms with E-state index in [2.05, 4.69) is 4.74 Å². The third-order valence-electron chi connectivity index (χ3n) is 1.69. The fourth-order valence-corrected chi connectivity index (χ4v) is 1.84. The van der Waals surface area contributed by atoms with Crippen LogP contribution in [0.3, 0.4) is 0 Å². The molecule has 0 aromatic rings. The molecule has 0 aromatic heterocycles. The van der Waals surface area contributed by atoms with Gasteiger partial charge in [0.05, 0.1) is 7.11 Å². The molecule has 0 aliphatic rings. The zero-order valence-electron chi connectivity index (χ0n) is 8.19. The summed E-state index contributed by atoms with van der Waals surface area (Å²) in [6, 6.07) is 0. The van der Waals surface area contributed by atoms with Gasteiger partial charge in [0.15, 0.2) is 0 Å². The number of sulfonamides is 1. The topological polar surface area (TPSA) is 63.7 Å². The number of ether oxygens (including phenoxy) is 1. The zero-order chi connectivity index (χ0) is 11.2. The molecule has 0 aromatic carbocycles. The minimum atomic E-state index is -3.36. The van der Waals surface area contributed by atoms with E-state index in [1.165, 1.54) is 14.2 Å². The van der Waals surface area contributed by atoms with Crippen molar-refractivity contribution in [2.45, 2.75) is 12.8 Å². The minimum Gasteiger partial charge on any atom is -0.469 e. The summed E-state index contributed by atoms with van der Waals surface area (Å²) in [5, 5.41) is -0.443. The smallest absolute Gasteiger partial charge is 0.305 e. The second-order valence-electron chi connectivity index (χ2n) is 2.72. The van der Waals surface area contributed by atoms with Crippen LogP contribution >= 0.6 is 11.6 Å². The van der Waals surface area contributed by atoms with Crippen molar-refractivity contribution >= 4 is 27.6 Å². The van der Waals surface area contributed by atoms with E-state index in [9.17, 15) is 13.2 Å². The van der Waals surface area contributed by atoms with Crippen LogP contribution in [0.1, 0.15) is 12.8 Å². The van der Waals surface area contributed by atoms with Gasteiger partial charge >= 0.3 is 5.97 Å². The van der Waals surface area contributed by atoms with E-state index in [4.69, 9.17) is 11.6 Å². The van der Waals surface area contributed by atoms with Crippen LogP contribution in [0.2, 0.25) is 0 Å². The fraction of sp³-hybridized carbons (Fsp3) is 0.857. The predicted molar refractivity (Wildman–Crippen MR) is 53.5 cm³/mol. The lowest BCUT2D eigenvalue weighted by Crippen LogP contribution is -2.29. The van der Waals surface area contributed by atoms with Crippen molar-refractivity contribution in [2.75, 3.05) is 25.9 Å². The van der Waals surface area contributed by atoms with Crippen molar-refractivity contribution in [3.8, 4) is 0 Å². The van der Waals surface area contributed by atoms with Gasteiger partial charge in [-0.3, -0.25) is 4.79 Å². The molecule has 0 spiro atoms. The van der Waals surface area contributed by atoms with Gasteiger partial charge in [-0.25, -0.2) is 12.7 Å². The summed E-state index contributed by atoms with van der Waals surface area (Å²) in [4.78, 5) is 10.7. The van der Waals surface area contributed by atoms with Gasteiger partial charge in [0, 0.05) is 20.0 Å². The van der Waals surface area contributed by atoms with Crippen molar-refractivity contribution in [1.29, 1.82) is 0 Å². The Kier molecular flexibility index (Phi) is 6.06. The average molecular weight is 244 g/mol. The maximum absolute atomic E-state index is 11.1. The van der Waals surface area contributed by atoms with Gasteiger partial charge in [-0.05, 0) is 6.42 Å². The van der Waals surface area contributed by atoms with Crippen molar-refractivity contribution in [1.82, 2.24) is 4.31 Å². The molecule has 0 unspecified atom stereocenters. The lowest BCUT2D eigenvalue weighted by molar-refractivity contribution is -0.140. The number of rotatable bonds is 6. The number of esters is 1. The van der Waals surface area contributed by atoms with E-state index in [0.29, 0.717) is 6.42 Å². The molecule has 0 atom stereocenters. The molecule has 84 valence electrons. The first-order valence-corrected chi connectivity index (χ1v) is 6.15. The summed E-state index contributed by atoms with van der Waals surface area (Å²) >= 11 is 5.24. The van der Waals surface area contributed by atoms with Crippen molar-refractivity contribution < 1.29 is 17.9 Å². The van der Waals surface area contributed by atoms with Gasteiger partial charge in [0.25, 0.3) is 0 Å². The molecule has 0 radical (unpaired) electrons. The first kappa shape index (κ1) is 13.7. The molecular weight excluding hydrogens is 230 g/mol. The third-order valence-corrected chi connectivity index (χ3v) is 3.93. The van der Waals surface area contributed by atoms with Gasteiger partial charge in [-0.1, -0.05) is 0 Å². The van der Waals surface area contributed by atoms with Crippen LogP contribution in [0.25, 0.3) is 0 Å². The van der Waals surface area contributed by atoms with Crippen LogP contribution in [0.4, 0.5) is 0 Å². The van der Waals surface area contributed by atoms with Crippen molar-refractivity contribution in [3.05, 3.63) is 0 Å². The highest BCUT2D eigenvalue weighted by molar-refractivity contribution is 7.90. The Morgan fingerprint density at radius 2 is 2.07 bits per heavy atom. The molecule has 14 heavy (non-hydrogen) atoms. The number of alkyl halides is 1. The zero-order valence-corrected chi connectivity index (χ0v) is 9.77. The number of halogens is 1. The Labute approximate surface area is 89.0 Å². The Morgan fingerprint density at radius 3 is 2.50 bits per heavy atom. The molecule has 0 fully saturated rings. The Morgan fingerprint density at radius 1 is 1.50 bits per heavy atom. The van der Waals surface area contributed by atoms with Crippen LogP contribution in [-0.2, 0) is 19.6 Å². The Balaban J connectivity index is 3.86. The van der Waals surface area contributed by atoms with Crippen LogP contribution in [-0.4, -0.2) is 44.6 Å². The number of hydrogen-bond acceptors (Lipinski definition) is 4. The fourth-order valence-electron chi connectivity index (χ4n) is 0.771. The molecule has 0 aliphatic carbocycles. The molecule has 0 saturated carbocycles. The highest BCUT2D eigenvalue weighted by Crippen LogP contribution is 2.03. The molecule has 0 N–H and O–H groups in total. The monoisotopic (exact) mass is 243 g/mol. The number of carbonyl (C=O) groups is 1. The van der Waals surface area contributed by atoms with E-state index < -0.39 is 15.2 Å². The Bertz CT molecular complexity index is 277. The predicted octanol–water partition coefficient (Wildman–Crippen LogP) is 0.398. The van der Waals surface area contributed by atoms with E-state index in [0.717, 1.165) is 4.31 Å². The summed E-state index contributed by atoms with van der Waals surface area (Å²) < 4.78 is 27.8. The molecule has 0 amide bonds. The number of hydrogen-bond donors (Lipinski definition) is 0. The normalized spacial score (nSPS) is 11.7. The van der Waals surface area contributed by atoms with Gasteiger partial charge in [0.1, 0.15) is 5.21 Å². The van der Waals surface area contributed by atoms with Crippen LogP contribution in [0.5, 0.6) is 0 Å². The molecule has 7 heteroatoms. The lowest BCUT2D eigenvalue weighted by Gasteiger charge is -2.14. The van der Waals surface area contributed by atoms with Gasteiger partial charge in [-0.2, -0.15) is 0 Å². The van der Waals surface area contributed by atoms with E-state index >= 15 is 0 Å². The molecule has 5 nitrogen and oxygen atoms in total. The van der Waals surface area contributed by atoms with Crippen molar-refractivity contribution in [2.24, 2.45) is 0 Å². The average Bonchev–Trinajstić information content (AvgIpc) is 2.17. The van der Waals surface area contributed by atoms with Crippen LogP contribution < -0.4 is 0 Å². The maximum Gasteiger partial charge on any atom is 0.305 e. The second-order valence-corrected chi connectivity index (χ2v) is 5.38.